The van der Waals surface area contributed by atoms with Gasteiger partial charge in [0.25, 0.3) is 0 Å². The fraction of sp³-hybridized carbons (Fsp3) is 0.273. The van der Waals surface area contributed by atoms with E-state index in [4.69, 9.17) is 11.6 Å². The zero-order valence-corrected chi connectivity index (χ0v) is 16.0. The van der Waals surface area contributed by atoms with Gasteiger partial charge in [-0.3, -0.25) is 9.59 Å². The molecule has 4 rings (SSSR count). The van der Waals surface area contributed by atoms with Crippen molar-refractivity contribution in [3.05, 3.63) is 75.3 Å². The van der Waals surface area contributed by atoms with Crippen LogP contribution in [0, 0.1) is 5.82 Å². The van der Waals surface area contributed by atoms with Crippen molar-refractivity contribution in [2.24, 2.45) is 0 Å². The Hall–Kier alpha value is -2.66. The van der Waals surface area contributed by atoms with Crippen molar-refractivity contribution in [2.75, 3.05) is 4.90 Å². The highest BCUT2D eigenvalue weighted by molar-refractivity contribution is 6.30. The van der Waals surface area contributed by atoms with Crippen molar-refractivity contribution >= 4 is 34.6 Å². The number of carbonyl (C=O) groups is 1. The van der Waals surface area contributed by atoms with Crippen LogP contribution in [0.1, 0.15) is 31.2 Å². The van der Waals surface area contributed by atoms with Gasteiger partial charge >= 0.3 is 0 Å². The Balaban J connectivity index is 1.83. The number of aromatic amines is 1. The molecule has 0 bridgehead atoms. The lowest BCUT2D eigenvalue weighted by atomic mass is 9.86. The summed E-state index contributed by atoms with van der Waals surface area (Å²) in [5, 5.41) is 1.23. The second-order valence-corrected chi connectivity index (χ2v) is 7.82. The standard InChI is InChI=1S/C22H20ClFN2O2/c23-16-5-3-6-17(12-16)26(14-27)22(9-1-2-10-22)13-15-11-20(28)25-21-18(15)7-4-8-19(21)24/h3-8,11-12,14H,1-2,9-10,13H2,(H,25,28). The molecule has 0 atom stereocenters. The molecule has 28 heavy (non-hydrogen) atoms. The van der Waals surface area contributed by atoms with Crippen LogP contribution in [0.25, 0.3) is 10.9 Å². The molecule has 0 unspecified atom stereocenters. The molecular weight excluding hydrogens is 379 g/mol. The molecule has 0 spiro atoms. The molecule has 1 amide bonds. The number of pyridine rings is 1. The molecule has 1 heterocycles. The third-order valence-corrected chi connectivity index (χ3v) is 5.90. The van der Waals surface area contributed by atoms with Crippen molar-refractivity contribution in [1.82, 2.24) is 4.98 Å². The van der Waals surface area contributed by atoms with Crippen LogP contribution in [-0.4, -0.2) is 16.9 Å². The van der Waals surface area contributed by atoms with E-state index in [0.717, 1.165) is 43.3 Å². The molecule has 144 valence electrons. The maximum absolute atomic E-state index is 14.2. The van der Waals surface area contributed by atoms with E-state index in [-0.39, 0.29) is 11.1 Å². The van der Waals surface area contributed by atoms with Gasteiger partial charge in [-0.25, -0.2) is 4.39 Å². The zero-order chi connectivity index (χ0) is 19.7. The number of para-hydroxylation sites is 1. The van der Waals surface area contributed by atoms with Crippen molar-refractivity contribution in [2.45, 2.75) is 37.6 Å². The highest BCUT2D eigenvalue weighted by Crippen LogP contribution is 2.41. The number of anilines is 1. The summed E-state index contributed by atoms with van der Waals surface area (Å²) in [5.41, 5.74) is 0.859. The van der Waals surface area contributed by atoms with Gasteiger partial charge in [0.15, 0.2) is 0 Å². The van der Waals surface area contributed by atoms with Crippen LogP contribution in [0.4, 0.5) is 10.1 Å². The average molecular weight is 399 g/mol. The number of aromatic nitrogens is 1. The van der Waals surface area contributed by atoms with Crippen LogP contribution in [0.2, 0.25) is 5.02 Å². The normalized spacial score (nSPS) is 15.6. The first-order valence-electron chi connectivity index (χ1n) is 9.33. The van der Waals surface area contributed by atoms with Crippen molar-refractivity contribution in [3.63, 3.8) is 0 Å². The number of rotatable bonds is 5. The number of halogens is 2. The van der Waals surface area contributed by atoms with Crippen molar-refractivity contribution in [3.8, 4) is 0 Å². The van der Waals surface area contributed by atoms with Crippen LogP contribution in [0.5, 0.6) is 0 Å². The van der Waals surface area contributed by atoms with Gasteiger partial charge in [-0.05, 0) is 49.1 Å². The topological polar surface area (TPSA) is 53.2 Å². The first kappa shape index (κ1) is 18.7. The van der Waals surface area contributed by atoms with E-state index in [0.29, 0.717) is 16.8 Å². The Morgan fingerprint density at radius 3 is 2.61 bits per heavy atom. The summed E-state index contributed by atoms with van der Waals surface area (Å²) in [6, 6.07) is 13.5. The molecule has 3 aromatic rings. The monoisotopic (exact) mass is 398 g/mol. The number of nitrogens with zero attached hydrogens (tertiary/aromatic N) is 1. The molecule has 0 saturated heterocycles. The lowest BCUT2D eigenvalue weighted by molar-refractivity contribution is -0.108. The predicted octanol–water partition coefficient (Wildman–Crippen LogP) is 4.84. The van der Waals surface area contributed by atoms with E-state index in [1.54, 1.807) is 29.2 Å². The number of carbonyl (C=O) groups excluding carboxylic acids is 1. The van der Waals surface area contributed by atoms with Crippen LogP contribution < -0.4 is 10.5 Å². The maximum Gasteiger partial charge on any atom is 0.248 e. The fourth-order valence-corrected chi connectivity index (χ4v) is 4.61. The Morgan fingerprint density at radius 2 is 1.89 bits per heavy atom. The summed E-state index contributed by atoms with van der Waals surface area (Å²) in [5.74, 6) is -0.459. The van der Waals surface area contributed by atoms with E-state index >= 15 is 0 Å². The SMILES string of the molecule is O=CN(c1cccc(Cl)c1)C1(Cc2cc(=O)[nH]c3c(F)cccc23)CCCC1. The summed E-state index contributed by atoms with van der Waals surface area (Å²) < 4.78 is 14.2. The van der Waals surface area contributed by atoms with Gasteiger partial charge in [0.2, 0.25) is 12.0 Å². The molecule has 1 saturated carbocycles. The second kappa shape index (κ2) is 7.40. The van der Waals surface area contributed by atoms with Gasteiger partial charge in [0.05, 0.1) is 11.1 Å². The highest BCUT2D eigenvalue weighted by Gasteiger charge is 2.40. The Morgan fingerprint density at radius 1 is 1.14 bits per heavy atom. The zero-order valence-electron chi connectivity index (χ0n) is 15.3. The molecule has 1 aliphatic carbocycles. The van der Waals surface area contributed by atoms with Gasteiger partial charge in [-0.2, -0.15) is 0 Å². The molecule has 1 N–H and O–H groups in total. The molecule has 1 fully saturated rings. The van der Waals surface area contributed by atoms with Gasteiger partial charge in [-0.1, -0.05) is 42.6 Å². The van der Waals surface area contributed by atoms with Gasteiger partial charge < -0.3 is 9.88 Å². The number of hydrogen-bond acceptors (Lipinski definition) is 2. The molecule has 1 aliphatic rings. The molecular formula is C22H20ClFN2O2. The quantitative estimate of drug-likeness (QED) is 0.625. The Kier molecular flexibility index (Phi) is 4.94. The van der Waals surface area contributed by atoms with Crippen LogP contribution in [0.15, 0.2) is 53.3 Å². The minimum Gasteiger partial charge on any atom is -0.319 e. The number of H-pyrrole nitrogens is 1. The Bertz CT molecular complexity index is 1090. The lowest BCUT2D eigenvalue weighted by Crippen LogP contribution is -2.48. The number of amides is 1. The number of benzene rings is 2. The minimum atomic E-state index is -0.473. The first-order valence-corrected chi connectivity index (χ1v) is 9.71. The summed E-state index contributed by atoms with van der Waals surface area (Å²) in [6.07, 6.45) is 4.90. The van der Waals surface area contributed by atoms with Crippen molar-refractivity contribution in [1.29, 1.82) is 0 Å². The third-order valence-electron chi connectivity index (χ3n) is 5.67. The lowest BCUT2D eigenvalue weighted by Gasteiger charge is -2.39. The predicted molar refractivity (Wildman–Crippen MR) is 109 cm³/mol. The smallest absolute Gasteiger partial charge is 0.248 e. The maximum atomic E-state index is 14.2. The van der Waals surface area contributed by atoms with Gasteiger partial charge in [-0.15, -0.1) is 0 Å². The van der Waals surface area contributed by atoms with E-state index in [1.807, 2.05) is 12.1 Å². The fourth-order valence-electron chi connectivity index (χ4n) is 4.42. The highest BCUT2D eigenvalue weighted by atomic mass is 35.5. The first-order chi connectivity index (χ1) is 13.5. The number of fused-ring (bicyclic) bond motifs is 1. The van der Waals surface area contributed by atoms with Crippen molar-refractivity contribution < 1.29 is 9.18 Å². The van der Waals surface area contributed by atoms with Crippen LogP contribution in [0.3, 0.4) is 0 Å². The largest absolute Gasteiger partial charge is 0.319 e. The van der Waals surface area contributed by atoms with Gasteiger partial charge in [0, 0.05) is 22.2 Å². The molecule has 6 heteroatoms. The van der Waals surface area contributed by atoms with E-state index < -0.39 is 11.4 Å². The summed E-state index contributed by atoms with van der Waals surface area (Å²) >= 11 is 6.14. The number of nitrogens with one attached hydrogen (secondary N) is 1. The summed E-state index contributed by atoms with van der Waals surface area (Å²) in [4.78, 5) is 28.6. The molecule has 1 aromatic heterocycles. The number of hydrogen-bond donors (Lipinski definition) is 1. The van der Waals surface area contributed by atoms with E-state index in [9.17, 15) is 14.0 Å². The second-order valence-electron chi connectivity index (χ2n) is 7.38. The average Bonchev–Trinajstić information content (AvgIpc) is 3.12. The molecule has 4 nitrogen and oxygen atoms in total. The molecule has 2 aromatic carbocycles. The van der Waals surface area contributed by atoms with Gasteiger partial charge in [0.1, 0.15) is 5.82 Å². The van der Waals surface area contributed by atoms with Crippen LogP contribution >= 0.6 is 11.6 Å². The summed E-state index contributed by atoms with van der Waals surface area (Å²) in [6.45, 7) is 0. The molecule has 0 radical (unpaired) electrons. The molecule has 0 aliphatic heterocycles. The van der Waals surface area contributed by atoms with E-state index in [2.05, 4.69) is 4.98 Å². The minimum absolute atomic E-state index is 0.207. The Labute approximate surface area is 166 Å². The third kappa shape index (κ3) is 3.31. The van der Waals surface area contributed by atoms with E-state index in [1.165, 1.54) is 12.1 Å². The summed E-state index contributed by atoms with van der Waals surface area (Å²) in [7, 11) is 0. The van der Waals surface area contributed by atoms with Crippen LogP contribution in [-0.2, 0) is 11.2 Å².